The fourth-order valence-corrected chi connectivity index (χ4v) is 0.428. The van der Waals surface area contributed by atoms with Crippen molar-refractivity contribution in [3.63, 3.8) is 0 Å². The minimum absolute atomic E-state index is 0.322. The summed E-state index contributed by atoms with van der Waals surface area (Å²) in [5, 5.41) is 8.63. The molecule has 0 aliphatic carbocycles. The van der Waals surface area contributed by atoms with Crippen LogP contribution in [0.1, 0.15) is 0 Å². The van der Waals surface area contributed by atoms with Gasteiger partial charge in [0.1, 0.15) is 5.75 Å². The zero-order valence-electron chi connectivity index (χ0n) is 5.55. The minimum atomic E-state index is -0.750. The second kappa shape index (κ2) is 6.65. The van der Waals surface area contributed by atoms with Crippen LogP contribution in [-0.4, -0.2) is 10.1 Å². The minimum Gasteiger partial charge on any atom is -0.508 e. The lowest BCUT2D eigenvalue weighted by Crippen LogP contribution is -1.66. The SMILES string of the molecule is ClB(Cl)Cl.Oc1ccccc1. The van der Waals surface area contributed by atoms with E-state index in [1.165, 1.54) is 0 Å². The summed E-state index contributed by atoms with van der Waals surface area (Å²) in [7, 11) is 0. The van der Waals surface area contributed by atoms with Crippen molar-refractivity contribution in [1.29, 1.82) is 0 Å². The number of hydrogen-bond donors (Lipinski definition) is 1. The Balaban J connectivity index is 0.000000218. The van der Waals surface area contributed by atoms with Crippen molar-refractivity contribution in [2.24, 2.45) is 0 Å². The molecule has 0 saturated carbocycles. The van der Waals surface area contributed by atoms with Gasteiger partial charge in [-0.1, -0.05) is 18.2 Å². The van der Waals surface area contributed by atoms with Gasteiger partial charge in [-0.15, -0.1) is 0 Å². The number of phenols is 1. The molecule has 1 nitrogen and oxygen atoms in total. The van der Waals surface area contributed by atoms with Crippen LogP contribution in [0.4, 0.5) is 0 Å². The van der Waals surface area contributed by atoms with Gasteiger partial charge in [-0.2, -0.15) is 34.4 Å². The van der Waals surface area contributed by atoms with Crippen LogP contribution in [0.15, 0.2) is 30.3 Å². The fraction of sp³-hybridized carbons (Fsp3) is 0. The molecule has 1 rings (SSSR count). The topological polar surface area (TPSA) is 20.2 Å². The van der Waals surface area contributed by atoms with Crippen LogP contribution >= 0.6 is 34.4 Å². The molecule has 0 saturated heterocycles. The molecule has 1 N–H and O–H groups in total. The van der Waals surface area contributed by atoms with E-state index in [0.717, 1.165) is 0 Å². The van der Waals surface area contributed by atoms with Crippen LogP contribution in [0.25, 0.3) is 0 Å². The second-order valence-electron chi connectivity index (χ2n) is 1.58. The Hall–Kier alpha value is -0.0451. The molecule has 60 valence electrons. The molecule has 0 bridgehead atoms. The summed E-state index contributed by atoms with van der Waals surface area (Å²) in [5.74, 6) is 0.322. The highest BCUT2D eigenvalue weighted by Crippen LogP contribution is 2.02. The number of rotatable bonds is 0. The van der Waals surface area contributed by atoms with Crippen molar-refractivity contribution in [3.8, 4) is 5.75 Å². The van der Waals surface area contributed by atoms with E-state index in [9.17, 15) is 0 Å². The van der Waals surface area contributed by atoms with Crippen molar-refractivity contribution in [1.82, 2.24) is 0 Å². The largest absolute Gasteiger partial charge is 0.508 e. The zero-order chi connectivity index (χ0) is 8.69. The summed E-state index contributed by atoms with van der Waals surface area (Å²) in [6.07, 6.45) is 0. The molecule has 0 radical (unpaired) electrons. The maximum Gasteiger partial charge on any atom is 0.450 e. The zero-order valence-corrected chi connectivity index (χ0v) is 7.81. The van der Waals surface area contributed by atoms with E-state index in [2.05, 4.69) is 0 Å². The highest BCUT2D eigenvalue weighted by Gasteiger charge is 1.91. The van der Waals surface area contributed by atoms with Crippen LogP contribution in [0.5, 0.6) is 5.75 Å². The van der Waals surface area contributed by atoms with Crippen LogP contribution < -0.4 is 0 Å². The van der Waals surface area contributed by atoms with Gasteiger partial charge in [-0.3, -0.25) is 0 Å². The van der Waals surface area contributed by atoms with Gasteiger partial charge in [0.25, 0.3) is 0 Å². The monoisotopic (exact) mass is 210 g/mol. The first kappa shape index (κ1) is 11.0. The Labute approximate surface area is 80.7 Å². The Morgan fingerprint density at radius 3 is 1.55 bits per heavy atom. The highest BCUT2D eigenvalue weighted by molar-refractivity contribution is 7.54. The molecule has 0 atom stereocenters. The first-order valence-electron chi connectivity index (χ1n) is 2.79. The smallest absolute Gasteiger partial charge is 0.450 e. The van der Waals surface area contributed by atoms with Gasteiger partial charge in [-0.25, -0.2) is 0 Å². The van der Waals surface area contributed by atoms with E-state index in [0.29, 0.717) is 5.75 Å². The maximum absolute atomic E-state index is 8.63. The van der Waals surface area contributed by atoms with Gasteiger partial charge >= 0.3 is 4.96 Å². The van der Waals surface area contributed by atoms with Gasteiger partial charge in [0.05, 0.1) is 0 Å². The van der Waals surface area contributed by atoms with Crippen LogP contribution in [-0.2, 0) is 0 Å². The molecular weight excluding hydrogens is 205 g/mol. The molecule has 5 heteroatoms. The van der Waals surface area contributed by atoms with Crippen LogP contribution in [0.2, 0.25) is 0 Å². The van der Waals surface area contributed by atoms with Crippen molar-refractivity contribution in [3.05, 3.63) is 30.3 Å². The lowest BCUT2D eigenvalue weighted by molar-refractivity contribution is 0.475. The Morgan fingerprint density at radius 2 is 1.36 bits per heavy atom. The number of para-hydroxylation sites is 1. The molecule has 1 aromatic rings. The van der Waals surface area contributed by atoms with E-state index >= 15 is 0 Å². The third-order valence-electron chi connectivity index (χ3n) is 0.756. The predicted octanol–water partition coefficient (Wildman–Crippen LogP) is 3.08. The Bertz CT molecular complexity index is 178. The van der Waals surface area contributed by atoms with Gasteiger partial charge in [-0.05, 0) is 12.1 Å². The van der Waals surface area contributed by atoms with E-state index < -0.39 is 4.96 Å². The second-order valence-corrected chi connectivity index (χ2v) is 3.56. The third kappa shape index (κ3) is 9.95. The molecule has 0 spiro atoms. The van der Waals surface area contributed by atoms with E-state index in [4.69, 9.17) is 39.5 Å². The molecule has 0 heterocycles. The standard InChI is InChI=1S/C6H6O.BCl3/c7-6-4-2-1-3-5-6;2-1(3)4/h1-5,7H;. The molecule has 0 aliphatic heterocycles. The first-order valence-corrected chi connectivity index (χ1v) is 4.10. The lowest BCUT2D eigenvalue weighted by atomic mass is 10.3. The molecule has 0 unspecified atom stereocenters. The summed E-state index contributed by atoms with van der Waals surface area (Å²) in [4.78, 5) is -0.750. The molecule has 1 aromatic carbocycles. The molecule has 11 heavy (non-hydrogen) atoms. The Kier molecular flexibility index (Phi) is 6.62. The third-order valence-corrected chi connectivity index (χ3v) is 0.756. The average molecular weight is 211 g/mol. The molecule has 0 aliphatic rings. The summed E-state index contributed by atoms with van der Waals surface area (Å²) in [6, 6.07) is 8.71. The molecule has 0 aromatic heterocycles. The summed E-state index contributed by atoms with van der Waals surface area (Å²) in [5.41, 5.74) is 0. The first-order chi connectivity index (χ1) is 5.13. The Morgan fingerprint density at radius 1 is 1.00 bits per heavy atom. The summed E-state index contributed by atoms with van der Waals surface area (Å²) >= 11 is 14.4. The average Bonchev–Trinajstić information content (AvgIpc) is 1.87. The van der Waals surface area contributed by atoms with Crippen molar-refractivity contribution in [2.45, 2.75) is 0 Å². The van der Waals surface area contributed by atoms with Gasteiger partial charge in [0.2, 0.25) is 0 Å². The number of phenolic OH excluding ortho intramolecular Hbond substituents is 1. The fourth-order valence-electron chi connectivity index (χ4n) is 0.428. The highest BCUT2D eigenvalue weighted by atomic mass is 35.6. The lowest BCUT2D eigenvalue weighted by Gasteiger charge is -1.82. The van der Waals surface area contributed by atoms with Crippen molar-refractivity contribution >= 4 is 39.3 Å². The predicted molar refractivity (Wildman–Crippen MR) is 51.4 cm³/mol. The maximum atomic E-state index is 8.63. The normalized spacial score (nSPS) is 7.91. The van der Waals surface area contributed by atoms with E-state index in [1.54, 1.807) is 24.3 Å². The van der Waals surface area contributed by atoms with Crippen molar-refractivity contribution in [2.75, 3.05) is 0 Å². The molecule has 0 fully saturated rings. The van der Waals surface area contributed by atoms with Gasteiger partial charge in [0.15, 0.2) is 0 Å². The number of halogens is 3. The van der Waals surface area contributed by atoms with E-state index in [-0.39, 0.29) is 0 Å². The number of aromatic hydroxyl groups is 1. The van der Waals surface area contributed by atoms with Crippen molar-refractivity contribution < 1.29 is 5.11 Å². The number of benzene rings is 1. The number of hydrogen-bond acceptors (Lipinski definition) is 1. The summed E-state index contributed by atoms with van der Waals surface area (Å²) in [6.45, 7) is 0. The van der Waals surface area contributed by atoms with Crippen LogP contribution in [0, 0.1) is 0 Å². The van der Waals surface area contributed by atoms with Crippen LogP contribution in [0.3, 0.4) is 0 Å². The quantitative estimate of drug-likeness (QED) is 0.654. The van der Waals surface area contributed by atoms with E-state index in [1.807, 2.05) is 6.07 Å². The van der Waals surface area contributed by atoms with Gasteiger partial charge in [0, 0.05) is 0 Å². The van der Waals surface area contributed by atoms with Gasteiger partial charge < -0.3 is 5.11 Å². The summed E-state index contributed by atoms with van der Waals surface area (Å²) < 4.78 is 0. The molecule has 0 amide bonds. The molecular formula is C6H6BCl3O.